The summed E-state index contributed by atoms with van der Waals surface area (Å²) < 4.78 is 0. The molecule has 2 rings (SSSR count). The third-order valence-electron chi connectivity index (χ3n) is 2.46. The molecule has 1 unspecified atom stereocenters. The molecule has 0 saturated carbocycles. The van der Waals surface area contributed by atoms with Crippen LogP contribution in [0.15, 0.2) is 43.0 Å². The van der Waals surface area contributed by atoms with Gasteiger partial charge in [0.1, 0.15) is 0 Å². The smallest absolute Gasteiger partial charge is 0.0584 e. The Morgan fingerprint density at radius 1 is 1.13 bits per heavy atom. The molecule has 2 aromatic heterocycles. The molecule has 0 aromatic carbocycles. The first-order valence-electron chi connectivity index (χ1n) is 4.85. The molecule has 0 fully saturated rings. The Hall–Kier alpha value is -1.74. The molecule has 2 heterocycles. The molecular formula is C12H13N3. The van der Waals surface area contributed by atoms with Gasteiger partial charge in [-0.05, 0) is 35.7 Å². The van der Waals surface area contributed by atoms with Crippen LogP contribution in [-0.2, 0) is 0 Å². The highest BCUT2D eigenvalue weighted by Crippen LogP contribution is 2.20. The third-order valence-corrected chi connectivity index (χ3v) is 2.46. The van der Waals surface area contributed by atoms with Gasteiger partial charge in [0.15, 0.2) is 0 Å². The molecule has 3 heteroatoms. The summed E-state index contributed by atoms with van der Waals surface area (Å²) >= 11 is 0. The lowest BCUT2D eigenvalue weighted by Crippen LogP contribution is -2.13. The van der Waals surface area contributed by atoms with Crippen molar-refractivity contribution in [2.75, 3.05) is 0 Å². The maximum Gasteiger partial charge on any atom is 0.0584 e. The van der Waals surface area contributed by atoms with Gasteiger partial charge in [-0.1, -0.05) is 6.07 Å². The molecule has 0 spiro atoms. The normalized spacial score (nSPS) is 12.4. The van der Waals surface area contributed by atoms with Crippen molar-refractivity contribution in [3.63, 3.8) is 0 Å². The second-order valence-corrected chi connectivity index (χ2v) is 3.50. The zero-order valence-corrected chi connectivity index (χ0v) is 8.59. The largest absolute Gasteiger partial charge is 0.320 e. The molecule has 0 radical (unpaired) electrons. The summed E-state index contributed by atoms with van der Waals surface area (Å²) in [7, 11) is 0. The molecule has 0 bridgehead atoms. The van der Waals surface area contributed by atoms with Crippen molar-refractivity contribution in [3.05, 3.63) is 59.7 Å². The highest BCUT2D eigenvalue weighted by Gasteiger charge is 2.10. The van der Waals surface area contributed by atoms with E-state index in [1.54, 1.807) is 18.6 Å². The van der Waals surface area contributed by atoms with Gasteiger partial charge in [0.2, 0.25) is 0 Å². The van der Waals surface area contributed by atoms with E-state index in [2.05, 4.69) is 9.97 Å². The molecule has 0 amide bonds. The summed E-state index contributed by atoms with van der Waals surface area (Å²) in [6.07, 6.45) is 7.12. The fourth-order valence-electron chi connectivity index (χ4n) is 1.54. The highest BCUT2D eigenvalue weighted by molar-refractivity contribution is 5.32. The minimum absolute atomic E-state index is 0.146. The standard InChI is InChI=1S/C12H13N3/c1-9-4-6-15-8-11(9)12(13)10-3-2-5-14-7-10/h2-8,12H,13H2,1H3. The van der Waals surface area contributed by atoms with Crippen LogP contribution >= 0.6 is 0 Å². The quantitative estimate of drug-likeness (QED) is 0.802. The zero-order valence-electron chi connectivity index (χ0n) is 8.59. The van der Waals surface area contributed by atoms with Crippen LogP contribution in [0.3, 0.4) is 0 Å². The van der Waals surface area contributed by atoms with E-state index in [-0.39, 0.29) is 6.04 Å². The molecule has 0 aliphatic rings. The minimum Gasteiger partial charge on any atom is -0.320 e. The minimum atomic E-state index is -0.146. The van der Waals surface area contributed by atoms with Gasteiger partial charge in [-0.25, -0.2) is 0 Å². The number of aromatic nitrogens is 2. The molecule has 15 heavy (non-hydrogen) atoms. The average molecular weight is 199 g/mol. The third kappa shape index (κ3) is 2.02. The van der Waals surface area contributed by atoms with Crippen LogP contribution < -0.4 is 5.73 Å². The summed E-state index contributed by atoms with van der Waals surface area (Å²) in [4.78, 5) is 8.15. The van der Waals surface area contributed by atoms with E-state index in [9.17, 15) is 0 Å². The van der Waals surface area contributed by atoms with Crippen molar-refractivity contribution in [1.29, 1.82) is 0 Å². The lowest BCUT2D eigenvalue weighted by Gasteiger charge is -2.13. The summed E-state index contributed by atoms with van der Waals surface area (Å²) in [5.74, 6) is 0. The Kier molecular flexibility index (Phi) is 2.74. The number of hydrogen-bond donors (Lipinski definition) is 1. The predicted molar refractivity (Wildman–Crippen MR) is 59.2 cm³/mol. The van der Waals surface area contributed by atoms with Crippen LogP contribution in [-0.4, -0.2) is 9.97 Å². The van der Waals surface area contributed by atoms with Gasteiger partial charge in [0.05, 0.1) is 6.04 Å². The zero-order chi connectivity index (χ0) is 10.7. The predicted octanol–water partition coefficient (Wildman–Crippen LogP) is 1.83. The Morgan fingerprint density at radius 2 is 1.93 bits per heavy atom. The Bertz CT molecular complexity index is 440. The molecule has 2 aromatic rings. The van der Waals surface area contributed by atoms with Crippen molar-refractivity contribution in [2.45, 2.75) is 13.0 Å². The molecule has 0 aliphatic carbocycles. The van der Waals surface area contributed by atoms with Crippen LogP contribution in [0.25, 0.3) is 0 Å². The molecule has 3 nitrogen and oxygen atoms in total. The lowest BCUT2D eigenvalue weighted by atomic mass is 9.99. The lowest BCUT2D eigenvalue weighted by molar-refractivity contribution is 0.845. The number of nitrogens with zero attached hydrogens (tertiary/aromatic N) is 2. The van der Waals surface area contributed by atoms with Crippen molar-refractivity contribution in [3.8, 4) is 0 Å². The molecule has 0 aliphatic heterocycles. The first-order valence-corrected chi connectivity index (χ1v) is 4.85. The average Bonchev–Trinajstić information content (AvgIpc) is 2.30. The van der Waals surface area contributed by atoms with Crippen molar-refractivity contribution in [1.82, 2.24) is 9.97 Å². The van der Waals surface area contributed by atoms with E-state index < -0.39 is 0 Å². The number of nitrogens with two attached hydrogens (primary N) is 1. The Morgan fingerprint density at radius 3 is 2.60 bits per heavy atom. The van der Waals surface area contributed by atoms with Gasteiger partial charge in [-0.2, -0.15) is 0 Å². The van der Waals surface area contributed by atoms with E-state index in [4.69, 9.17) is 5.73 Å². The second kappa shape index (κ2) is 4.19. The fourth-order valence-corrected chi connectivity index (χ4v) is 1.54. The van der Waals surface area contributed by atoms with Crippen molar-refractivity contribution in [2.24, 2.45) is 5.73 Å². The van der Waals surface area contributed by atoms with Gasteiger partial charge in [-0.15, -0.1) is 0 Å². The Labute approximate surface area is 89.0 Å². The van der Waals surface area contributed by atoms with Gasteiger partial charge < -0.3 is 5.73 Å². The van der Waals surface area contributed by atoms with Gasteiger partial charge in [-0.3, -0.25) is 9.97 Å². The van der Waals surface area contributed by atoms with Crippen LogP contribution in [0.5, 0.6) is 0 Å². The number of rotatable bonds is 2. The SMILES string of the molecule is Cc1ccncc1C(N)c1cccnc1. The molecular weight excluding hydrogens is 186 g/mol. The first-order chi connectivity index (χ1) is 7.29. The van der Waals surface area contributed by atoms with Gasteiger partial charge in [0, 0.05) is 24.8 Å². The summed E-state index contributed by atoms with van der Waals surface area (Å²) in [5.41, 5.74) is 9.35. The first kappa shape index (κ1) is 9.80. The van der Waals surface area contributed by atoms with Crippen LogP contribution in [0, 0.1) is 6.92 Å². The molecule has 76 valence electrons. The van der Waals surface area contributed by atoms with E-state index in [1.165, 1.54) is 0 Å². The van der Waals surface area contributed by atoms with E-state index in [0.29, 0.717) is 0 Å². The number of aryl methyl sites for hydroxylation is 1. The van der Waals surface area contributed by atoms with Crippen LogP contribution in [0.4, 0.5) is 0 Å². The monoisotopic (exact) mass is 199 g/mol. The van der Waals surface area contributed by atoms with E-state index in [1.807, 2.05) is 31.3 Å². The van der Waals surface area contributed by atoms with E-state index >= 15 is 0 Å². The topological polar surface area (TPSA) is 51.8 Å². The summed E-state index contributed by atoms with van der Waals surface area (Å²) in [6.45, 7) is 2.03. The molecule has 1 atom stereocenters. The fraction of sp³-hybridized carbons (Fsp3) is 0.167. The molecule has 0 saturated heterocycles. The summed E-state index contributed by atoms with van der Waals surface area (Å²) in [5, 5.41) is 0. The highest BCUT2D eigenvalue weighted by atomic mass is 14.7. The van der Waals surface area contributed by atoms with Crippen molar-refractivity contribution < 1.29 is 0 Å². The Balaban J connectivity index is 2.37. The van der Waals surface area contributed by atoms with E-state index in [0.717, 1.165) is 16.7 Å². The molecule has 2 N–H and O–H groups in total. The maximum atomic E-state index is 6.14. The number of hydrogen-bond acceptors (Lipinski definition) is 3. The second-order valence-electron chi connectivity index (χ2n) is 3.50. The number of pyridine rings is 2. The maximum absolute atomic E-state index is 6.14. The van der Waals surface area contributed by atoms with Crippen LogP contribution in [0.2, 0.25) is 0 Å². The summed E-state index contributed by atoms with van der Waals surface area (Å²) in [6, 6.07) is 5.68. The van der Waals surface area contributed by atoms with Crippen LogP contribution in [0.1, 0.15) is 22.7 Å². The van der Waals surface area contributed by atoms with Gasteiger partial charge >= 0.3 is 0 Å². The van der Waals surface area contributed by atoms with Crippen molar-refractivity contribution >= 4 is 0 Å². The van der Waals surface area contributed by atoms with Gasteiger partial charge in [0.25, 0.3) is 0 Å².